The van der Waals surface area contributed by atoms with Crippen LogP contribution in [0.5, 0.6) is 0 Å². The van der Waals surface area contributed by atoms with Gasteiger partial charge >= 0.3 is 0 Å². The van der Waals surface area contributed by atoms with Crippen LogP contribution in [0.25, 0.3) is 0 Å². The topological polar surface area (TPSA) is 90.8 Å². The summed E-state index contributed by atoms with van der Waals surface area (Å²) in [5.74, 6) is -0.366. The molecule has 2 saturated heterocycles. The molecule has 0 aliphatic carbocycles. The van der Waals surface area contributed by atoms with Crippen molar-refractivity contribution in [3.05, 3.63) is 42.6 Å². The maximum absolute atomic E-state index is 13.9. The molecular formula is C22H31FN6O3S. The van der Waals surface area contributed by atoms with Crippen molar-refractivity contribution in [1.29, 1.82) is 0 Å². The zero-order valence-electron chi connectivity index (χ0n) is 18.7. The number of sulfonamides is 1. The minimum absolute atomic E-state index is 0.00766. The Morgan fingerprint density at radius 2 is 1.79 bits per heavy atom. The maximum Gasteiger partial charge on any atom is 0.262 e. The predicted molar refractivity (Wildman–Crippen MR) is 123 cm³/mol. The number of benzene rings is 1. The van der Waals surface area contributed by atoms with Gasteiger partial charge in [0.25, 0.3) is 10.0 Å². The smallest absolute Gasteiger partial charge is 0.262 e. The van der Waals surface area contributed by atoms with Crippen LogP contribution in [-0.2, 0) is 21.4 Å². The molecule has 0 saturated carbocycles. The monoisotopic (exact) mass is 478 g/mol. The third-order valence-corrected chi connectivity index (χ3v) is 7.93. The van der Waals surface area contributed by atoms with E-state index in [1.807, 2.05) is 12.1 Å². The summed E-state index contributed by atoms with van der Waals surface area (Å²) in [5.41, 5.74) is 0.653. The molecule has 0 radical (unpaired) electrons. The maximum atomic E-state index is 13.9. The molecule has 33 heavy (non-hydrogen) atoms. The number of aromatic nitrogens is 2. The molecule has 0 atom stereocenters. The molecule has 1 N–H and O–H groups in total. The summed E-state index contributed by atoms with van der Waals surface area (Å²) in [6, 6.07) is 6.85. The number of carbonyl (C=O) groups excluding carboxylic acids is 1. The first-order valence-corrected chi connectivity index (χ1v) is 12.9. The lowest BCUT2D eigenvalue weighted by atomic mass is 10.2. The minimum atomic E-state index is -3.57. The van der Waals surface area contributed by atoms with Crippen LogP contribution < -0.4 is 10.2 Å². The molecule has 0 unspecified atom stereocenters. The molecule has 0 bridgehead atoms. The fourth-order valence-electron chi connectivity index (χ4n) is 4.29. The highest BCUT2D eigenvalue weighted by molar-refractivity contribution is 7.89. The summed E-state index contributed by atoms with van der Waals surface area (Å²) in [4.78, 5) is 20.6. The van der Waals surface area contributed by atoms with Gasteiger partial charge in [0.1, 0.15) is 12.4 Å². The number of rotatable bonds is 9. The van der Waals surface area contributed by atoms with E-state index in [2.05, 4.69) is 20.1 Å². The number of hydrogen-bond donors (Lipinski definition) is 1. The number of amides is 1. The van der Waals surface area contributed by atoms with Crippen molar-refractivity contribution in [2.75, 3.05) is 57.3 Å². The quantitative estimate of drug-likeness (QED) is 0.544. The van der Waals surface area contributed by atoms with Crippen LogP contribution in [0.3, 0.4) is 0 Å². The van der Waals surface area contributed by atoms with Gasteiger partial charge in [-0.05, 0) is 37.9 Å². The molecule has 11 heteroatoms. The molecular weight excluding hydrogens is 447 g/mol. The lowest BCUT2D eigenvalue weighted by Gasteiger charge is -2.36. The second-order valence-electron chi connectivity index (χ2n) is 8.48. The van der Waals surface area contributed by atoms with Crippen LogP contribution in [0.15, 0.2) is 41.8 Å². The molecule has 2 fully saturated rings. The molecule has 2 aliphatic heterocycles. The second kappa shape index (κ2) is 10.6. The van der Waals surface area contributed by atoms with Gasteiger partial charge in [0.05, 0.1) is 12.0 Å². The Kier molecular flexibility index (Phi) is 7.61. The van der Waals surface area contributed by atoms with Crippen molar-refractivity contribution >= 4 is 21.6 Å². The van der Waals surface area contributed by atoms with E-state index >= 15 is 0 Å². The van der Waals surface area contributed by atoms with Gasteiger partial charge in [0.2, 0.25) is 5.91 Å². The third kappa shape index (κ3) is 5.90. The van der Waals surface area contributed by atoms with Crippen molar-refractivity contribution in [2.24, 2.45) is 0 Å². The molecule has 0 spiro atoms. The van der Waals surface area contributed by atoms with Gasteiger partial charge in [-0.3, -0.25) is 9.69 Å². The van der Waals surface area contributed by atoms with Crippen molar-refractivity contribution in [3.63, 3.8) is 0 Å². The number of piperazine rings is 1. The SMILES string of the molecule is O=C(Cn1cnc(S(=O)(=O)N2CCCC2)c1)NCCCN1CCN(c2ccccc2F)CC1. The second-order valence-corrected chi connectivity index (χ2v) is 10.4. The fraction of sp³-hybridized carbons (Fsp3) is 0.545. The zero-order chi connectivity index (χ0) is 23.3. The summed E-state index contributed by atoms with van der Waals surface area (Å²) in [5, 5.41) is 2.87. The number of hydrogen-bond acceptors (Lipinski definition) is 6. The first kappa shape index (κ1) is 23.7. The number of carbonyl (C=O) groups is 1. The summed E-state index contributed by atoms with van der Waals surface area (Å²) in [6.07, 6.45) is 5.34. The fourth-order valence-corrected chi connectivity index (χ4v) is 5.75. The van der Waals surface area contributed by atoms with Gasteiger partial charge in [-0.15, -0.1) is 0 Å². The summed E-state index contributed by atoms with van der Waals surface area (Å²) in [7, 11) is -3.57. The van der Waals surface area contributed by atoms with Gasteiger partial charge < -0.3 is 14.8 Å². The molecule has 1 aromatic carbocycles. The molecule has 3 heterocycles. The number of imidazole rings is 1. The van der Waals surface area contributed by atoms with Gasteiger partial charge in [-0.2, -0.15) is 4.31 Å². The van der Waals surface area contributed by atoms with E-state index in [4.69, 9.17) is 0 Å². The van der Waals surface area contributed by atoms with E-state index in [1.165, 1.54) is 27.5 Å². The Morgan fingerprint density at radius 3 is 2.52 bits per heavy atom. The lowest BCUT2D eigenvalue weighted by molar-refractivity contribution is -0.121. The summed E-state index contributed by atoms with van der Waals surface area (Å²) >= 11 is 0. The normalized spacial score (nSPS) is 18.0. The highest BCUT2D eigenvalue weighted by atomic mass is 32.2. The molecule has 9 nitrogen and oxygen atoms in total. The predicted octanol–water partition coefficient (Wildman–Crippen LogP) is 1.14. The average molecular weight is 479 g/mol. The molecule has 1 aromatic heterocycles. The third-order valence-electron chi connectivity index (χ3n) is 6.14. The van der Waals surface area contributed by atoms with Crippen molar-refractivity contribution in [2.45, 2.75) is 30.8 Å². The summed E-state index contributed by atoms with van der Waals surface area (Å²) < 4.78 is 42.0. The Hall–Kier alpha value is -2.50. The number of para-hydroxylation sites is 1. The van der Waals surface area contributed by atoms with Crippen LogP contribution in [0.2, 0.25) is 0 Å². The van der Waals surface area contributed by atoms with Crippen molar-refractivity contribution in [3.8, 4) is 0 Å². The van der Waals surface area contributed by atoms with E-state index in [1.54, 1.807) is 6.07 Å². The zero-order valence-corrected chi connectivity index (χ0v) is 19.5. The highest BCUT2D eigenvalue weighted by Gasteiger charge is 2.29. The van der Waals surface area contributed by atoms with Gasteiger partial charge in [-0.25, -0.2) is 17.8 Å². The largest absolute Gasteiger partial charge is 0.367 e. The average Bonchev–Trinajstić information content (AvgIpc) is 3.51. The number of anilines is 1. The van der Waals surface area contributed by atoms with E-state index in [0.29, 0.717) is 25.3 Å². The number of nitrogens with one attached hydrogen (secondary N) is 1. The summed E-state index contributed by atoms with van der Waals surface area (Å²) in [6.45, 7) is 5.73. The van der Waals surface area contributed by atoms with Crippen molar-refractivity contribution < 1.29 is 17.6 Å². The van der Waals surface area contributed by atoms with Crippen LogP contribution in [0, 0.1) is 5.82 Å². The number of nitrogens with zero attached hydrogens (tertiary/aromatic N) is 5. The highest BCUT2D eigenvalue weighted by Crippen LogP contribution is 2.20. The molecule has 2 aliphatic rings. The minimum Gasteiger partial charge on any atom is -0.367 e. The Bertz CT molecular complexity index is 1050. The van der Waals surface area contributed by atoms with Crippen LogP contribution in [0.4, 0.5) is 10.1 Å². The first-order chi connectivity index (χ1) is 15.9. The van der Waals surface area contributed by atoms with Gasteiger partial charge in [0, 0.05) is 52.0 Å². The lowest BCUT2D eigenvalue weighted by Crippen LogP contribution is -2.47. The van der Waals surface area contributed by atoms with E-state index < -0.39 is 10.0 Å². The van der Waals surface area contributed by atoms with Gasteiger partial charge in [-0.1, -0.05) is 12.1 Å². The molecule has 4 rings (SSSR count). The first-order valence-electron chi connectivity index (χ1n) is 11.4. The molecule has 180 valence electrons. The van der Waals surface area contributed by atoms with Crippen LogP contribution in [0.1, 0.15) is 19.3 Å². The van der Waals surface area contributed by atoms with Crippen LogP contribution in [-0.4, -0.2) is 85.4 Å². The number of halogens is 1. The Labute approximate surface area is 194 Å². The molecule has 1 amide bonds. The Balaban J connectivity index is 1.15. The van der Waals surface area contributed by atoms with Gasteiger partial charge in [0.15, 0.2) is 5.03 Å². The Morgan fingerprint density at radius 1 is 1.06 bits per heavy atom. The van der Waals surface area contributed by atoms with E-state index in [0.717, 1.165) is 52.0 Å². The van der Waals surface area contributed by atoms with E-state index in [9.17, 15) is 17.6 Å². The van der Waals surface area contributed by atoms with Crippen LogP contribution >= 0.6 is 0 Å². The standard InChI is InChI=1S/C22H31FN6O3S/c23-19-6-1-2-7-20(19)28-14-12-26(13-15-28)9-5-8-24-21(30)16-27-17-22(25-18-27)33(31,32)29-10-3-4-11-29/h1-2,6-7,17-18H,3-5,8-16H2,(H,24,30). The van der Waals surface area contributed by atoms with Crippen molar-refractivity contribution in [1.82, 2.24) is 24.1 Å². The molecule has 2 aromatic rings. The van der Waals surface area contributed by atoms with E-state index in [-0.39, 0.29) is 23.3 Å².